The summed E-state index contributed by atoms with van der Waals surface area (Å²) in [5.41, 5.74) is 1.99. The number of benzene rings is 1. The molecule has 1 aromatic heterocycles. The number of hydrogen-bond acceptors (Lipinski definition) is 2. The highest BCUT2D eigenvalue weighted by molar-refractivity contribution is 5.78. The fourth-order valence-electron chi connectivity index (χ4n) is 1.13. The Morgan fingerprint density at radius 3 is 3.09 bits per heavy atom. The number of rotatable bonds is 0. The number of nitrogens with zero attached hydrogens (tertiary/aromatic N) is 2. The van der Waals surface area contributed by atoms with Crippen molar-refractivity contribution in [1.82, 2.24) is 9.94 Å². The molecule has 0 saturated heterocycles. The molecule has 11 heavy (non-hydrogen) atoms. The van der Waals surface area contributed by atoms with Gasteiger partial charge in [0, 0.05) is 5.39 Å². The predicted molar refractivity (Wildman–Crippen MR) is 41.7 cm³/mol. The molecule has 56 valence electrons. The van der Waals surface area contributed by atoms with Crippen molar-refractivity contribution in [2.75, 3.05) is 0 Å². The molecule has 0 atom stereocenters. The first-order valence-electron chi connectivity index (χ1n) is 3.41. The monoisotopic (exact) mass is 148 g/mol. The van der Waals surface area contributed by atoms with E-state index in [1.807, 2.05) is 25.1 Å². The van der Waals surface area contributed by atoms with Crippen LogP contribution < -0.4 is 0 Å². The highest BCUT2D eigenvalue weighted by atomic mass is 16.5. The van der Waals surface area contributed by atoms with Gasteiger partial charge in [0.05, 0.1) is 11.7 Å². The van der Waals surface area contributed by atoms with Crippen LogP contribution in [0.15, 0.2) is 24.4 Å². The highest BCUT2D eigenvalue weighted by Gasteiger charge is 1.97. The third-order valence-corrected chi connectivity index (χ3v) is 1.65. The third-order valence-electron chi connectivity index (χ3n) is 1.65. The van der Waals surface area contributed by atoms with Crippen LogP contribution in [0.4, 0.5) is 0 Å². The van der Waals surface area contributed by atoms with Crippen LogP contribution in [0.25, 0.3) is 10.9 Å². The van der Waals surface area contributed by atoms with Crippen LogP contribution in [0.5, 0.6) is 0 Å². The number of aryl methyl sites for hydroxylation is 1. The van der Waals surface area contributed by atoms with E-state index in [9.17, 15) is 0 Å². The summed E-state index contributed by atoms with van der Waals surface area (Å²) in [7, 11) is 0. The van der Waals surface area contributed by atoms with Gasteiger partial charge in [-0.05, 0) is 19.1 Å². The summed E-state index contributed by atoms with van der Waals surface area (Å²) in [6.45, 7) is 2.01. The summed E-state index contributed by atoms with van der Waals surface area (Å²) in [6, 6.07) is 5.84. The first kappa shape index (κ1) is 6.22. The third kappa shape index (κ3) is 0.941. The average molecular weight is 148 g/mol. The summed E-state index contributed by atoms with van der Waals surface area (Å²) in [5, 5.41) is 13.7. The Kier molecular flexibility index (Phi) is 1.12. The Labute approximate surface area is 63.8 Å². The second-order valence-corrected chi connectivity index (χ2v) is 2.61. The Bertz CT molecular complexity index is 392. The maximum atomic E-state index is 8.95. The summed E-state index contributed by atoms with van der Waals surface area (Å²) >= 11 is 0. The normalized spacial score (nSPS) is 10.6. The van der Waals surface area contributed by atoms with E-state index < -0.39 is 0 Å². The fraction of sp³-hybridized carbons (Fsp3) is 0.125. The van der Waals surface area contributed by atoms with Crippen molar-refractivity contribution >= 4 is 10.9 Å². The van der Waals surface area contributed by atoms with Gasteiger partial charge in [0.25, 0.3) is 0 Å². The second kappa shape index (κ2) is 1.99. The Morgan fingerprint density at radius 2 is 2.27 bits per heavy atom. The molecule has 3 nitrogen and oxygen atoms in total. The zero-order valence-electron chi connectivity index (χ0n) is 6.15. The molecule has 0 unspecified atom stereocenters. The van der Waals surface area contributed by atoms with Crippen molar-refractivity contribution in [1.29, 1.82) is 0 Å². The van der Waals surface area contributed by atoms with Crippen LogP contribution >= 0.6 is 0 Å². The van der Waals surface area contributed by atoms with Gasteiger partial charge < -0.3 is 5.21 Å². The Hall–Kier alpha value is -1.51. The molecular formula is C8H8N2O. The van der Waals surface area contributed by atoms with Gasteiger partial charge in [-0.3, -0.25) is 0 Å². The van der Waals surface area contributed by atoms with Crippen molar-refractivity contribution in [2.24, 2.45) is 0 Å². The van der Waals surface area contributed by atoms with Gasteiger partial charge in [0.1, 0.15) is 0 Å². The lowest BCUT2D eigenvalue weighted by Gasteiger charge is -1.88. The lowest BCUT2D eigenvalue weighted by Crippen LogP contribution is -1.86. The SMILES string of the molecule is Cc1ccc2nn(O)cc2c1. The van der Waals surface area contributed by atoms with E-state index in [1.165, 1.54) is 5.56 Å². The molecular weight excluding hydrogens is 140 g/mol. The van der Waals surface area contributed by atoms with Gasteiger partial charge in [-0.25, -0.2) is 0 Å². The molecule has 1 heterocycles. The average Bonchev–Trinajstić information content (AvgIpc) is 2.27. The molecule has 0 aliphatic carbocycles. The zero-order valence-corrected chi connectivity index (χ0v) is 6.15. The standard InChI is InChI=1S/C8H8N2O/c1-6-2-3-8-7(4-6)5-10(11)9-8/h2-5,11H,1H3. The molecule has 0 aliphatic heterocycles. The predicted octanol–water partition coefficient (Wildman–Crippen LogP) is 1.58. The molecule has 0 spiro atoms. The summed E-state index contributed by atoms with van der Waals surface area (Å²) in [5.74, 6) is 0. The zero-order chi connectivity index (χ0) is 7.84. The molecule has 1 N–H and O–H groups in total. The van der Waals surface area contributed by atoms with Crippen LogP contribution in [0, 0.1) is 6.92 Å². The summed E-state index contributed by atoms with van der Waals surface area (Å²) < 4.78 is 0. The minimum absolute atomic E-state index is 0.818. The van der Waals surface area contributed by atoms with Crippen molar-refractivity contribution in [3.8, 4) is 0 Å². The first-order valence-corrected chi connectivity index (χ1v) is 3.41. The molecule has 2 aromatic rings. The van der Waals surface area contributed by atoms with Crippen molar-refractivity contribution < 1.29 is 5.21 Å². The molecule has 1 aromatic carbocycles. The quantitative estimate of drug-likeness (QED) is 0.576. The van der Waals surface area contributed by atoms with Crippen molar-refractivity contribution in [3.05, 3.63) is 30.0 Å². The van der Waals surface area contributed by atoms with Crippen LogP contribution in [0.1, 0.15) is 5.56 Å². The van der Waals surface area contributed by atoms with Gasteiger partial charge in [0.15, 0.2) is 0 Å². The van der Waals surface area contributed by atoms with E-state index in [1.54, 1.807) is 6.20 Å². The van der Waals surface area contributed by atoms with Gasteiger partial charge in [-0.15, -0.1) is 9.94 Å². The molecule has 2 rings (SSSR count). The van der Waals surface area contributed by atoms with Crippen LogP contribution in [0.2, 0.25) is 0 Å². The minimum atomic E-state index is 0.818. The molecule has 0 bridgehead atoms. The van der Waals surface area contributed by atoms with Gasteiger partial charge in [0.2, 0.25) is 0 Å². The van der Waals surface area contributed by atoms with Crippen molar-refractivity contribution in [3.63, 3.8) is 0 Å². The van der Waals surface area contributed by atoms with Crippen LogP contribution in [-0.4, -0.2) is 15.2 Å². The first-order chi connectivity index (χ1) is 5.25. The van der Waals surface area contributed by atoms with Crippen LogP contribution in [0.3, 0.4) is 0 Å². The topological polar surface area (TPSA) is 38.0 Å². The summed E-state index contributed by atoms with van der Waals surface area (Å²) in [6.07, 6.45) is 1.59. The number of fused-ring (bicyclic) bond motifs is 1. The number of hydrogen-bond donors (Lipinski definition) is 1. The van der Waals surface area contributed by atoms with Gasteiger partial charge in [-0.2, -0.15) is 0 Å². The molecule has 0 saturated carbocycles. The Balaban J connectivity index is 2.82. The van der Waals surface area contributed by atoms with Gasteiger partial charge in [-0.1, -0.05) is 11.6 Å². The van der Waals surface area contributed by atoms with E-state index >= 15 is 0 Å². The number of aromatic nitrogens is 2. The Morgan fingerprint density at radius 1 is 1.45 bits per heavy atom. The maximum Gasteiger partial charge on any atom is 0.0959 e. The lowest BCUT2D eigenvalue weighted by atomic mass is 10.2. The maximum absolute atomic E-state index is 8.95. The van der Waals surface area contributed by atoms with E-state index in [4.69, 9.17) is 5.21 Å². The summed E-state index contributed by atoms with van der Waals surface area (Å²) in [4.78, 5) is 0.837. The highest BCUT2D eigenvalue weighted by Crippen LogP contribution is 2.12. The van der Waals surface area contributed by atoms with Gasteiger partial charge >= 0.3 is 0 Å². The molecule has 0 aliphatic rings. The molecule has 0 fully saturated rings. The van der Waals surface area contributed by atoms with E-state index in [0.29, 0.717) is 0 Å². The van der Waals surface area contributed by atoms with E-state index in [2.05, 4.69) is 5.10 Å². The minimum Gasteiger partial charge on any atom is -0.412 e. The smallest absolute Gasteiger partial charge is 0.0959 e. The van der Waals surface area contributed by atoms with Crippen LogP contribution in [-0.2, 0) is 0 Å². The van der Waals surface area contributed by atoms with E-state index in [0.717, 1.165) is 15.7 Å². The largest absolute Gasteiger partial charge is 0.412 e. The lowest BCUT2D eigenvalue weighted by molar-refractivity contribution is 0.151. The van der Waals surface area contributed by atoms with Crippen molar-refractivity contribution in [2.45, 2.75) is 6.92 Å². The molecule has 0 radical (unpaired) electrons. The van der Waals surface area contributed by atoms with E-state index in [-0.39, 0.29) is 0 Å². The second-order valence-electron chi connectivity index (χ2n) is 2.61. The molecule has 0 amide bonds. The molecule has 3 heteroatoms. The fourth-order valence-corrected chi connectivity index (χ4v) is 1.13.